The van der Waals surface area contributed by atoms with E-state index < -0.39 is 0 Å². The van der Waals surface area contributed by atoms with E-state index in [1.807, 2.05) is 12.1 Å². The lowest BCUT2D eigenvalue weighted by molar-refractivity contribution is -0.120. The first-order valence-corrected chi connectivity index (χ1v) is 9.54. The first-order valence-electron chi connectivity index (χ1n) is 9.54. The SMILES string of the molecule is O=C(Cc1ccc2c(c1)CCCC2)NCc1ccc(Cn2cncn2)cc1. The molecule has 1 aromatic heterocycles. The van der Waals surface area contributed by atoms with Crippen LogP contribution < -0.4 is 5.32 Å². The monoisotopic (exact) mass is 360 g/mol. The molecule has 1 aliphatic carbocycles. The third-order valence-corrected chi connectivity index (χ3v) is 5.10. The zero-order valence-corrected chi connectivity index (χ0v) is 15.4. The minimum absolute atomic E-state index is 0.0671. The number of nitrogens with one attached hydrogen (secondary N) is 1. The summed E-state index contributed by atoms with van der Waals surface area (Å²) in [6.07, 6.45) is 8.54. The lowest BCUT2D eigenvalue weighted by atomic mass is 9.90. The van der Waals surface area contributed by atoms with E-state index in [1.54, 1.807) is 11.0 Å². The van der Waals surface area contributed by atoms with Crippen molar-refractivity contribution in [2.75, 3.05) is 0 Å². The van der Waals surface area contributed by atoms with Gasteiger partial charge in [0, 0.05) is 6.54 Å². The van der Waals surface area contributed by atoms with E-state index in [9.17, 15) is 4.79 Å². The van der Waals surface area contributed by atoms with Crippen LogP contribution in [0, 0.1) is 0 Å². The Labute approximate surface area is 159 Å². The van der Waals surface area contributed by atoms with Crippen molar-refractivity contribution >= 4 is 5.91 Å². The summed E-state index contributed by atoms with van der Waals surface area (Å²) in [5.74, 6) is 0.0671. The van der Waals surface area contributed by atoms with Crippen molar-refractivity contribution in [3.05, 3.63) is 82.9 Å². The first-order chi connectivity index (χ1) is 13.3. The third kappa shape index (κ3) is 4.61. The van der Waals surface area contributed by atoms with Crippen LogP contribution in [0.5, 0.6) is 0 Å². The summed E-state index contributed by atoms with van der Waals surface area (Å²) in [6, 6.07) is 14.7. The smallest absolute Gasteiger partial charge is 0.224 e. The fourth-order valence-electron chi connectivity index (χ4n) is 3.61. The number of hydrogen-bond donors (Lipinski definition) is 1. The van der Waals surface area contributed by atoms with Crippen LogP contribution in [0.4, 0.5) is 0 Å². The second-order valence-corrected chi connectivity index (χ2v) is 7.17. The summed E-state index contributed by atoms with van der Waals surface area (Å²) in [7, 11) is 0. The summed E-state index contributed by atoms with van der Waals surface area (Å²) in [5.41, 5.74) is 6.24. The van der Waals surface area contributed by atoms with Gasteiger partial charge in [-0.3, -0.25) is 4.79 Å². The van der Waals surface area contributed by atoms with Crippen molar-refractivity contribution in [3.63, 3.8) is 0 Å². The molecule has 1 N–H and O–H groups in total. The summed E-state index contributed by atoms with van der Waals surface area (Å²) >= 11 is 0. The number of benzene rings is 2. The average molecular weight is 360 g/mol. The van der Waals surface area contributed by atoms with Crippen LogP contribution in [-0.2, 0) is 37.1 Å². The van der Waals surface area contributed by atoms with E-state index in [4.69, 9.17) is 0 Å². The van der Waals surface area contributed by atoms with Gasteiger partial charge in [-0.05, 0) is 53.5 Å². The lowest BCUT2D eigenvalue weighted by Gasteiger charge is -2.16. The molecule has 0 saturated heterocycles. The van der Waals surface area contributed by atoms with Gasteiger partial charge >= 0.3 is 0 Å². The molecule has 138 valence electrons. The maximum atomic E-state index is 12.3. The highest BCUT2D eigenvalue weighted by Crippen LogP contribution is 2.22. The summed E-state index contributed by atoms with van der Waals surface area (Å²) in [5, 5.41) is 7.13. The van der Waals surface area contributed by atoms with E-state index in [2.05, 4.69) is 45.7 Å². The number of aromatic nitrogens is 3. The fraction of sp³-hybridized carbons (Fsp3) is 0.318. The van der Waals surface area contributed by atoms with Crippen LogP contribution in [0.1, 0.15) is 40.7 Å². The van der Waals surface area contributed by atoms with Gasteiger partial charge in [0.25, 0.3) is 0 Å². The van der Waals surface area contributed by atoms with E-state index in [-0.39, 0.29) is 5.91 Å². The van der Waals surface area contributed by atoms with Gasteiger partial charge in [0.2, 0.25) is 5.91 Å². The molecule has 5 nitrogen and oxygen atoms in total. The number of fused-ring (bicyclic) bond motifs is 1. The predicted molar refractivity (Wildman–Crippen MR) is 104 cm³/mol. The maximum Gasteiger partial charge on any atom is 0.224 e. The van der Waals surface area contributed by atoms with Crippen molar-refractivity contribution in [2.45, 2.75) is 45.2 Å². The van der Waals surface area contributed by atoms with Crippen molar-refractivity contribution in [2.24, 2.45) is 0 Å². The number of aryl methyl sites for hydroxylation is 2. The van der Waals surface area contributed by atoms with Gasteiger partial charge in [-0.1, -0.05) is 42.5 Å². The van der Waals surface area contributed by atoms with Gasteiger partial charge in [0.15, 0.2) is 0 Å². The largest absolute Gasteiger partial charge is 0.352 e. The molecule has 2 aromatic carbocycles. The molecule has 1 amide bonds. The number of amides is 1. The van der Waals surface area contributed by atoms with Crippen molar-refractivity contribution in [1.29, 1.82) is 0 Å². The van der Waals surface area contributed by atoms with E-state index in [1.165, 1.54) is 36.7 Å². The molecule has 0 spiro atoms. The number of nitrogens with zero attached hydrogens (tertiary/aromatic N) is 3. The molecular weight excluding hydrogens is 336 g/mol. The molecule has 0 bridgehead atoms. The Kier molecular flexibility index (Phi) is 5.28. The molecule has 0 atom stereocenters. The normalized spacial score (nSPS) is 13.2. The van der Waals surface area contributed by atoms with E-state index >= 15 is 0 Å². The average Bonchev–Trinajstić information content (AvgIpc) is 3.20. The second kappa shape index (κ2) is 8.16. The molecule has 5 heteroatoms. The molecule has 0 fully saturated rings. The van der Waals surface area contributed by atoms with Gasteiger partial charge in [-0.25, -0.2) is 9.67 Å². The lowest BCUT2D eigenvalue weighted by Crippen LogP contribution is -2.24. The van der Waals surface area contributed by atoms with Crippen LogP contribution in [0.25, 0.3) is 0 Å². The molecule has 1 aliphatic rings. The first kappa shape index (κ1) is 17.5. The van der Waals surface area contributed by atoms with Gasteiger partial charge in [-0.15, -0.1) is 0 Å². The van der Waals surface area contributed by atoms with Gasteiger partial charge in [0.05, 0.1) is 13.0 Å². The van der Waals surface area contributed by atoms with Crippen LogP contribution in [-0.4, -0.2) is 20.7 Å². The Bertz CT molecular complexity index is 901. The molecule has 0 unspecified atom stereocenters. The highest BCUT2D eigenvalue weighted by Gasteiger charge is 2.11. The van der Waals surface area contributed by atoms with Gasteiger partial charge in [0.1, 0.15) is 12.7 Å². The van der Waals surface area contributed by atoms with Crippen LogP contribution >= 0.6 is 0 Å². The maximum absolute atomic E-state index is 12.3. The Hall–Kier alpha value is -2.95. The van der Waals surface area contributed by atoms with Gasteiger partial charge in [-0.2, -0.15) is 5.10 Å². The summed E-state index contributed by atoms with van der Waals surface area (Å²) in [4.78, 5) is 16.2. The number of rotatable bonds is 6. The highest BCUT2D eigenvalue weighted by molar-refractivity contribution is 5.78. The Morgan fingerprint density at radius 2 is 1.70 bits per heavy atom. The predicted octanol–water partition coefficient (Wildman–Crippen LogP) is 3.06. The van der Waals surface area contributed by atoms with Crippen LogP contribution in [0.2, 0.25) is 0 Å². The zero-order valence-electron chi connectivity index (χ0n) is 15.4. The molecular formula is C22H24N4O. The Balaban J connectivity index is 1.29. The van der Waals surface area contributed by atoms with E-state index in [0.29, 0.717) is 19.5 Å². The minimum atomic E-state index is 0.0671. The molecule has 3 aromatic rings. The molecule has 27 heavy (non-hydrogen) atoms. The molecule has 1 heterocycles. The Morgan fingerprint density at radius 1 is 0.963 bits per heavy atom. The standard InChI is InChI=1S/C22H24N4O/c27-22(12-19-9-10-20-3-1-2-4-21(20)11-19)24-13-17-5-7-18(8-6-17)14-26-16-23-15-25-26/h5-11,15-16H,1-4,12-14H2,(H,24,27). The van der Waals surface area contributed by atoms with Crippen LogP contribution in [0.15, 0.2) is 55.1 Å². The second-order valence-electron chi connectivity index (χ2n) is 7.17. The molecule has 0 aliphatic heterocycles. The number of carbonyl (C=O) groups is 1. The van der Waals surface area contributed by atoms with Crippen molar-refractivity contribution < 1.29 is 4.79 Å². The van der Waals surface area contributed by atoms with Crippen molar-refractivity contribution in [3.8, 4) is 0 Å². The summed E-state index contributed by atoms with van der Waals surface area (Å²) < 4.78 is 1.79. The van der Waals surface area contributed by atoms with Gasteiger partial charge < -0.3 is 5.32 Å². The van der Waals surface area contributed by atoms with Crippen molar-refractivity contribution in [1.82, 2.24) is 20.1 Å². The van der Waals surface area contributed by atoms with Crippen LogP contribution in [0.3, 0.4) is 0 Å². The Morgan fingerprint density at radius 3 is 2.48 bits per heavy atom. The fourth-order valence-corrected chi connectivity index (χ4v) is 3.61. The number of hydrogen-bond acceptors (Lipinski definition) is 3. The quantitative estimate of drug-likeness (QED) is 0.735. The molecule has 4 rings (SSSR count). The molecule has 0 radical (unpaired) electrons. The van der Waals surface area contributed by atoms with E-state index in [0.717, 1.165) is 23.1 Å². The summed E-state index contributed by atoms with van der Waals surface area (Å²) in [6.45, 7) is 1.25. The minimum Gasteiger partial charge on any atom is -0.352 e. The third-order valence-electron chi connectivity index (χ3n) is 5.10. The number of carbonyl (C=O) groups excluding carboxylic acids is 1. The molecule has 0 saturated carbocycles. The zero-order chi connectivity index (χ0) is 18.5. The highest BCUT2D eigenvalue weighted by atomic mass is 16.1. The topological polar surface area (TPSA) is 59.8 Å².